The van der Waals surface area contributed by atoms with Crippen LogP contribution in [0.2, 0.25) is 0 Å². The number of rotatable bonds is 2. The van der Waals surface area contributed by atoms with Crippen LogP contribution in [0, 0.1) is 22.3 Å². The fourth-order valence-corrected chi connectivity index (χ4v) is 4.09. The first-order chi connectivity index (χ1) is 8.65. The molecule has 1 amide bonds. The van der Waals surface area contributed by atoms with Crippen molar-refractivity contribution < 1.29 is 4.79 Å². The molecule has 0 radical (unpaired) electrons. The van der Waals surface area contributed by atoms with E-state index in [2.05, 4.69) is 40.9 Å². The third-order valence-electron chi connectivity index (χ3n) is 4.49. The van der Waals surface area contributed by atoms with Gasteiger partial charge in [-0.25, -0.2) is 0 Å². The average molecular weight is 355 g/mol. The minimum atomic E-state index is 0.112. The molecule has 3 rings (SSSR count). The number of halogens is 1. The normalized spacial score (nSPS) is 29.6. The summed E-state index contributed by atoms with van der Waals surface area (Å²) in [5.41, 5.74) is 2.01. The number of nitrogens with one attached hydrogen (secondary N) is 1. The minimum absolute atomic E-state index is 0.112. The van der Waals surface area contributed by atoms with Crippen molar-refractivity contribution in [3.8, 4) is 0 Å². The van der Waals surface area contributed by atoms with E-state index in [4.69, 9.17) is 0 Å². The number of aryl methyl sites for hydroxylation is 1. The summed E-state index contributed by atoms with van der Waals surface area (Å²) in [6.07, 6.45) is 5.20. The van der Waals surface area contributed by atoms with Gasteiger partial charge >= 0.3 is 0 Å². The molecule has 0 aromatic heterocycles. The summed E-state index contributed by atoms with van der Waals surface area (Å²) in [6, 6.07) is 6.37. The molecule has 2 nitrogen and oxygen atoms in total. The van der Waals surface area contributed by atoms with E-state index in [1.807, 2.05) is 12.1 Å². The Morgan fingerprint density at radius 3 is 2.83 bits per heavy atom. The molecule has 3 unspecified atom stereocenters. The maximum absolute atomic E-state index is 12.3. The highest BCUT2D eigenvalue weighted by atomic mass is 127. The van der Waals surface area contributed by atoms with Gasteiger partial charge in [-0.3, -0.25) is 4.79 Å². The van der Waals surface area contributed by atoms with E-state index in [0.717, 1.165) is 21.0 Å². The van der Waals surface area contributed by atoms with Gasteiger partial charge in [-0.1, -0.05) is 18.6 Å². The Kier molecular flexibility index (Phi) is 3.34. The molecule has 2 aliphatic carbocycles. The predicted molar refractivity (Wildman–Crippen MR) is 80.6 cm³/mol. The van der Waals surface area contributed by atoms with Crippen LogP contribution < -0.4 is 5.32 Å². The van der Waals surface area contributed by atoms with Crippen LogP contribution in [0.1, 0.15) is 41.6 Å². The summed E-state index contributed by atoms with van der Waals surface area (Å²) in [5, 5.41) is 3.25. The second kappa shape index (κ2) is 4.83. The second-order valence-corrected chi connectivity index (χ2v) is 6.77. The monoisotopic (exact) mass is 355 g/mol. The largest absolute Gasteiger partial charge is 0.349 e. The Labute approximate surface area is 122 Å². The van der Waals surface area contributed by atoms with Crippen molar-refractivity contribution in [1.29, 1.82) is 0 Å². The zero-order valence-corrected chi connectivity index (χ0v) is 12.7. The van der Waals surface area contributed by atoms with Gasteiger partial charge in [0.1, 0.15) is 0 Å². The van der Waals surface area contributed by atoms with Gasteiger partial charge < -0.3 is 5.32 Å². The topological polar surface area (TPSA) is 29.1 Å². The van der Waals surface area contributed by atoms with Crippen molar-refractivity contribution in [1.82, 2.24) is 5.32 Å². The van der Waals surface area contributed by atoms with Gasteiger partial charge in [-0.05, 0) is 72.2 Å². The summed E-state index contributed by atoms with van der Waals surface area (Å²) in [6.45, 7) is 2.05. The van der Waals surface area contributed by atoms with Crippen LogP contribution >= 0.6 is 22.6 Å². The highest BCUT2D eigenvalue weighted by Gasteiger charge is 2.40. The molecule has 96 valence electrons. The number of benzene rings is 1. The van der Waals surface area contributed by atoms with Crippen LogP contribution in [0.5, 0.6) is 0 Å². The van der Waals surface area contributed by atoms with Crippen LogP contribution in [0.3, 0.4) is 0 Å². The van der Waals surface area contributed by atoms with E-state index >= 15 is 0 Å². The third kappa shape index (κ3) is 2.17. The van der Waals surface area contributed by atoms with E-state index in [1.54, 1.807) is 0 Å². The number of carbonyl (C=O) groups excluding carboxylic acids is 1. The molecule has 2 aliphatic rings. The molecule has 3 atom stereocenters. The van der Waals surface area contributed by atoms with Gasteiger partial charge in [0.15, 0.2) is 0 Å². The Morgan fingerprint density at radius 2 is 2.17 bits per heavy atom. The molecule has 2 fully saturated rings. The fraction of sp³-hybridized carbons (Fsp3) is 0.533. The molecular formula is C15H18INO. The SMILES string of the molecule is Cc1cccc(C(=O)NC2CC3CCC2C3)c1I. The quantitative estimate of drug-likeness (QED) is 0.809. The van der Waals surface area contributed by atoms with Crippen molar-refractivity contribution >= 4 is 28.5 Å². The maximum Gasteiger partial charge on any atom is 0.252 e. The molecule has 2 saturated carbocycles. The first-order valence-electron chi connectivity index (χ1n) is 6.71. The Balaban J connectivity index is 1.73. The molecule has 1 N–H and O–H groups in total. The van der Waals surface area contributed by atoms with Crippen LogP contribution in [0.15, 0.2) is 18.2 Å². The summed E-state index contributed by atoms with van der Waals surface area (Å²) >= 11 is 2.27. The minimum Gasteiger partial charge on any atom is -0.349 e. The van der Waals surface area contributed by atoms with Crippen molar-refractivity contribution in [2.75, 3.05) is 0 Å². The molecule has 0 spiro atoms. The summed E-state index contributed by atoms with van der Waals surface area (Å²) in [5.74, 6) is 1.72. The van der Waals surface area contributed by atoms with Crippen LogP contribution in [-0.4, -0.2) is 11.9 Å². The van der Waals surface area contributed by atoms with Crippen LogP contribution in [0.4, 0.5) is 0 Å². The van der Waals surface area contributed by atoms with Crippen molar-refractivity contribution in [3.05, 3.63) is 32.9 Å². The molecule has 0 aliphatic heterocycles. The zero-order chi connectivity index (χ0) is 12.7. The number of hydrogen-bond acceptors (Lipinski definition) is 1. The van der Waals surface area contributed by atoms with Crippen molar-refractivity contribution in [2.45, 2.75) is 38.6 Å². The second-order valence-electron chi connectivity index (χ2n) is 5.69. The van der Waals surface area contributed by atoms with Crippen LogP contribution in [0.25, 0.3) is 0 Å². The third-order valence-corrected chi connectivity index (χ3v) is 5.92. The fourth-order valence-electron chi connectivity index (χ4n) is 3.49. The molecule has 18 heavy (non-hydrogen) atoms. The van der Waals surface area contributed by atoms with E-state index in [9.17, 15) is 4.79 Å². The molecule has 2 bridgehead atoms. The lowest BCUT2D eigenvalue weighted by Gasteiger charge is -2.23. The van der Waals surface area contributed by atoms with E-state index in [-0.39, 0.29) is 5.91 Å². The summed E-state index contributed by atoms with van der Waals surface area (Å²) < 4.78 is 1.08. The van der Waals surface area contributed by atoms with E-state index in [0.29, 0.717) is 6.04 Å². The van der Waals surface area contributed by atoms with E-state index in [1.165, 1.54) is 31.2 Å². The Morgan fingerprint density at radius 1 is 1.33 bits per heavy atom. The maximum atomic E-state index is 12.3. The number of hydrogen-bond donors (Lipinski definition) is 1. The highest BCUT2D eigenvalue weighted by molar-refractivity contribution is 14.1. The number of fused-ring (bicyclic) bond motifs is 2. The smallest absolute Gasteiger partial charge is 0.252 e. The first kappa shape index (κ1) is 12.5. The molecule has 0 heterocycles. The van der Waals surface area contributed by atoms with Crippen LogP contribution in [-0.2, 0) is 0 Å². The lowest BCUT2D eigenvalue weighted by Crippen LogP contribution is -2.38. The Bertz CT molecular complexity index is 485. The number of amides is 1. The lowest BCUT2D eigenvalue weighted by atomic mass is 9.95. The molecule has 3 heteroatoms. The highest BCUT2D eigenvalue weighted by Crippen LogP contribution is 2.44. The standard InChI is InChI=1S/C15H18INO/c1-9-3-2-4-12(14(9)16)15(18)17-13-8-10-5-6-11(13)7-10/h2-4,10-11,13H,5-8H2,1H3,(H,17,18). The van der Waals surface area contributed by atoms with Gasteiger partial charge in [0.2, 0.25) is 0 Å². The van der Waals surface area contributed by atoms with Gasteiger partial charge in [-0.2, -0.15) is 0 Å². The van der Waals surface area contributed by atoms with Crippen molar-refractivity contribution in [2.24, 2.45) is 11.8 Å². The zero-order valence-electron chi connectivity index (χ0n) is 10.6. The van der Waals surface area contributed by atoms with Crippen molar-refractivity contribution in [3.63, 3.8) is 0 Å². The lowest BCUT2D eigenvalue weighted by molar-refractivity contribution is 0.0922. The van der Waals surface area contributed by atoms with Gasteiger partial charge in [0.05, 0.1) is 5.56 Å². The molecule has 1 aromatic rings. The summed E-state index contributed by atoms with van der Waals surface area (Å²) in [4.78, 5) is 12.3. The van der Waals surface area contributed by atoms with Gasteiger partial charge in [-0.15, -0.1) is 0 Å². The van der Waals surface area contributed by atoms with Gasteiger partial charge in [0, 0.05) is 9.61 Å². The Hall–Kier alpha value is -0.580. The molecule has 1 aromatic carbocycles. The molecule has 0 saturated heterocycles. The predicted octanol–water partition coefficient (Wildman–Crippen LogP) is 3.52. The number of carbonyl (C=O) groups is 1. The average Bonchev–Trinajstić information content (AvgIpc) is 2.94. The van der Waals surface area contributed by atoms with E-state index < -0.39 is 0 Å². The first-order valence-corrected chi connectivity index (χ1v) is 7.79. The van der Waals surface area contributed by atoms with Gasteiger partial charge in [0.25, 0.3) is 5.91 Å². The molecular weight excluding hydrogens is 337 g/mol. The summed E-state index contributed by atoms with van der Waals surface area (Å²) in [7, 11) is 0.